The number of non-ortho nitro benzene ring substituents is 1. The summed E-state index contributed by atoms with van der Waals surface area (Å²) in [5, 5.41) is 22.6. The maximum atomic E-state index is 13.4. The van der Waals surface area contributed by atoms with Gasteiger partial charge in [-0.25, -0.2) is 13.6 Å². The molecular weight excluding hydrogens is 614 g/mol. The van der Waals surface area contributed by atoms with Gasteiger partial charge in [0, 0.05) is 61.7 Å². The number of unbranched alkanes of at least 4 members (excludes halogenated alkanes) is 1. The van der Waals surface area contributed by atoms with Crippen LogP contribution in [0.5, 0.6) is 11.5 Å². The van der Waals surface area contributed by atoms with Crippen molar-refractivity contribution in [1.82, 2.24) is 10.2 Å². The number of nitrogens with one attached hydrogen (secondary N) is 1. The number of carboxylic acids is 1. The maximum Gasteiger partial charge on any atom is 0.335 e. The molecule has 0 bridgehead atoms. The second kappa shape index (κ2) is 15.3. The number of aliphatic carboxylic acids is 1. The number of carboxylic acid groups (broad SMARTS) is 1. The molecule has 13 heteroatoms. The van der Waals surface area contributed by atoms with Crippen LogP contribution in [-0.2, 0) is 9.59 Å². The van der Waals surface area contributed by atoms with Crippen LogP contribution < -0.4 is 19.7 Å². The monoisotopic (exact) mass is 648 g/mol. The molecular formula is C34H34F2N4O7. The molecule has 3 aromatic rings. The Morgan fingerprint density at radius 1 is 0.851 bits per heavy atom. The molecule has 0 spiro atoms. The number of fused-ring (bicyclic) bond motifs is 2. The van der Waals surface area contributed by atoms with Gasteiger partial charge in [0.15, 0.2) is 0 Å². The van der Waals surface area contributed by atoms with Gasteiger partial charge in [-0.15, -0.1) is 0 Å². The SMILES string of the molecule is O=C(NCCCCN1CCN(c2cccc([N+](=O)[O-])c2)CC1)C1=Cc2cc(F)ccc2OC1.O=C(O)C1=Cc2cc(F)ccc2OC1. The number of hydrogen-bond acceptors (Lipinski definition) is 8. The third kappa shape index (κ3) is 8.91. The number of halogens is 2. The van der Waals surface area contributed by atoms with Gasteiger partial charge in [-0.1, -0.05) is 6.07 Å². The fourth-order valence-corrected chi connectivity index (χ4v) is 5.36. The molecule has 2 N–H and O–H groups in total. The lowest BCUT2D eigenvalue weighted by molar-refractivity contribution is -0.384. The van der Waals surface area contributed by atoms with Gasteiger partial charge in [-0.2, -0.15) is 0 Å². The Morgan fingerprint density at radius 2 is 1.47 bits per heavy atom. The largest absolute Gasteiger partial charge is 0.488 e. The van der Waals surface area contributed by atoms with Crippen molar-refractivity contribution < 1.29 is 37.9 Å². The minimum absolute atomic E-state index is 0.0218. The Labute approximate surface area is 269 Å². The summed E-state index contributed by atoms with van der Waals surface area (Å²) in [7, 11) is 0. The molecule has 3 heterocycles. The Hall–Kier alpha value is -5.30. The zero-order chi connectivity index (χ0) is 33.3. The lowest BCUT2D eigenvalue weighted by Crippen LogP contribution is -2.46. The van der Waals surface area contributed by atoms with Crippen LogP contribution in [0.3, 0.4) is 0 Å². The highest BCUT2D eigenvalue weighted by atomic mass is 19.1. The second-order valence-electron chi connectivity index (χ2n) is 11.2. The van der Waals surface area contributed by atoms with Gasteiger partial charge in [0.1, 0.15) is 36.3 Å². The number of anilines is 1. The summed E-state index contributed by atoms with van der Waals surface area (Å²) in [6.45, 7) is 5.16. The number of piperazine rings is 1. The van der Waals surface area contributed by atoms with E-state index in [0.717, 1.165) is 51.3 Å². The molecule has 3 aromatic carbocycles. The quantitative estimate of drug-likeness (QED) is 0.189. The van der Waals surface area contributed by atoms with Gasteiger partial charge in [-0.05, 0) is 74.0 Å². The minimum atomic E-state index is -1.04. The Balaban J connectivity index is 0.000000257. The van der Waals surface area contributed by atoms with Crippen molar-refractivity contribution in [2.75, 3.05) is 57.4 Å². The van der Waals surface area contributed by atoms with Gasteiger partial charge in [0.2, 0.25) is 0 Å². The molecule has 11 nitrogen and oxygen atoms in total. The molecule has 246 valence electrons. The molecule has 47 heavy (non-hydrogen) atoms. The third-order valence-electron chi connectivity index (χ3n) is 7.90. The van der Waals surface area contributed by atoms with E-state index in [9.17, 15) is 28.5 Å². The summed E-state index contributed by atoms with van der Waals surface area (Å²) < 4.78 is 36.9. The number of carbonyl (C=O) groups is 2. The Kier molecular flexibility index (Phi) is 10.8. The molecule has 0 aliphatic carbocycles. The highest BCUT2D eigenvalue weighted by molar-refractivity contribution is 5.99. The number of nitro benzene ring substituents is 1. The van der Waals surface area contributed by atoms with Gasteiger partial charge < -0.3 is 24.8 Å². The van der Waals surface area contributed by atoms with Gasteiger partial charge in [0.25, 0.3) is 11.6 Å². The predicted octanol–water partition coefficient (Wildman–Crippen LogP) is 4.91. The van der Waals surface area contributed by atoms with Gasteiger partial charge in [-0.3, -0.25) is 19.8 Å². The van der Waals surface area contributed by atoms with Crippen LogP contribution in [0.2, 0.25) is 0 Å². The van der Waals surface area contributed by atoms with E-state index >= 15 is 0 Å². The molecule has 0 saturated carbocycles. The highest BCUT2D eigenvalue weighted by Crippen LogP contribution is 2.28. The van der Waals surface area contributed by atoms with Crippen LogP contribution >= 0.6 is 0 Å². The van der Waals surface area contributed by atoms with Crippen molar-refractivity contribution in [3.05, 3.63) is 105 Å². The first-order valence-corrected chi connectivity index (χ1v) is 15.2. The molecule has 3 aliphatic rings. The minimum Gasteiger partial charge on any atom is -0.488 e. The third-order valence-corrected chi connectivity index (χ3v) is 7.90. The van der Waals surface area contributed by atoms with E-state index < -0.39 is 11.8 Å². The fourth-order valence-electron chi connectivity index (χ4n) is 5.36. The van der Waals surface area contributed by atoms with Crippen LogP contribution in [0.4, 0.5) is 20.2 Å². The standard InChI is InChI=1S/C24H27FN4O4.C10H7FO3/c25-20-6-7-23-18(15-20)14-19(17-33-23)24(30)26-8-1-2-9-27-10-12-28(13-11-27)21-4-3-5-22(16-21)29(31)32;11-8-1-2-9-6(4-8)3-7(5-14-9)10(12)13/h3-7,14-16H,1-2,8-13,17H2,(H,26,30);1-4H,5H2,(H,12,13). The lowest BCUT2D eigenvalue weighted by atomic mass is 10.1. The molecule has 0 atom stereocenters. The lowest BCUT2D eigenvalue weighted by Gasteiger charge is -2.36. The number of nitro groups is 1. The van der Waals surface area contributed by atoms with Crippen molar-refractivity contribution in [3.63, 3.8) is 0 Å². The molecule has 3 aliphatic heterocycles. The second-order valence-corrected chi connectivity index (χ2v) is 11.2. The van der Waals surface area contributed by atoms with E-state index in [1.807, 2.05) is 6.07 Å². The summed E-state index contributed by atoms with van der Waals surface area (Å²) in [5.74, 6) is -0.901. The number of rotatable bonds is 9. The Morgan fingerprint density at radius 3 is 2.09 bits per heavy atom. The van der Waals surface area contributed by atoms with Crippen molar-refractivity contribution in [1.29, 1.82) is 0 Å². The first-order valence-electron chi connectivity index (χ1n) is 15.2. The molecule has 1 saturated heterocycles. The molecule has 0 aromatic heterocycles. The van der Waals surface area contributed by atoms with E-state index in [-0.39, 0.29) is 41.1 Å². The maximum absolute atomic E-state index is 13.4. The zero-order valence-electron chi connectivity index (χ0n) is 25.5. The van der Waals surface area contributed by atoms with Crippen molar-refractivity contribution in [2.24, 2.45) is 0 Å². The van der Waals surface area contributed by atoms with E-state index in [0.29, 0.717) is 34.7 Å². The van der Waals surface area contributed by atoms with E-state index in [1.165, 1.54) is 42.5 Å². The molecule has 0 radical (unpaired) electrons. The van der Waals surface area contributed by atoms with Crippen molar-refractivity contribution in [3.8, 4) is 11.5 Å². The summed E-state index contributed by atoms with van der Waals surface area (Å²) >= 11 is 0. The van der Waals surface area contributed by atoms with Crippen LogP contribution in [-0.4, -0.2) is 79.3 Å². The fraction of sp³-hybridized carbons (Fsp3) is 0.294. The number of hydrogen-bond donors (Lipinski definition) is 2. The first-order chi connectivity index (χ1) is 22.7. The van der Waals surface area contributed by atoms with Gasteiger partial charge >= 0.3 is 5.97 Å². The van der Waals surface area contributed by atoms with E-state index in [2.05, 4.69) is 15.1 Å². The summed E-state index contributed by atoms with van der Waals surface area (Å²) in [6, 6.07) is 15.0. The zero-order valence-corrected chi connectivity index (χ0v) is 25.5. The summed E-state index contributed by atoms with van der Waals surface area (Å²) in [5.41, 5.74) is 2.67. The molecule has 6 rings (SSSR count). The number of benzene rings is 3. The topological polar surface area (TPSA) is 134 Å². The van der Waals surface area contributed by atoms with Crippen molar-refractivity contribution >= 4 is 35.4 Å². The van der Waals surface area contributed by atoms with Crippen LogP contribution in [0.1, 0.15) is 24.0 Å². The number of carbonyl (C=O) groups excluding carboxylic acids is 1. The first kappa shape index (κ1) is 33.1. The average Bonchev–Trinajstić information content (AvgIpc) is 3.08. The molecule has 1 fully saturated rings. The van der Waals surface area contributed by atoms with Crippen LogP contribution in [0.15, 0.2) is 71.8 Å². The van der Waals surface area contributed by atoms with E-state index in [4.69, 9.17) is 14.6 Å². The number of ether oxygens (including phenoxy) is 2. The number of nitrogens with zero attached hydrogens (tertiary/aromatic N) is 3. The van der Waals surface area contributed by atoms with Crippen LogP contribution in [0, 0.1) is 21.7 Å². The number of amides is 1. The summed E-state index contributed by atoms with van der Waals surface area (Å²) in [6.07, 6.45) is 4.92. The highest BCUT2D eigenvalue weighted by Gasteiger charge is 2.20. The molecule has 0 unspecified atom stereocenters. The smallest absolute Gasteiger partial charge is 0.335 e. The van der Waals surface area contributed by atoms with Gasteiger partial charge in [0.05, 0.1) is 16.1 Å². The normalized spacial score (nSPS) is 15.3. The average molecular weight is 649 g/mol. The van der Waals surface area contributed by atoms with E-state index in [1.54, 1.807) is 24.3 Å². The Bertz CT molecular complexity index is 1700. The van der Waals surface area contributed by atoms with Crippen LogP contribution in [0.25, 0.3) is 12.2 Å². The van der Waals surface area contributed by atoms with Crippen molar-refractivity contribution in [2.45, 2.75) is 12.8 Å². The molecule has 1 amide bonds. The predicted molar refractivity (Wildman–Crippen MR) is 171 cm³/mol. The summed E-state index contributed by atoms with van der Waals surface area (Å²) in [4.78, 5) is 38.2.